The molecule has 1 atom stereocenters. The average molecular weight is 447 g/mol. The molecule has 2 aromatic carbocycles. The maximum absolute atomic E-state index is 13.7. The maximum Gasteiger partial charge on any atom is 0.489 e. The van der Waals surface area contributed by atoms with E-state index in [-0.39, 0.29) is 10.3 Å². The normalized spacial score (nSPS) is 14.4. The Morgan fingerprint density at radius 1 is 1.12 bits per heavy atom. The molecule has 1 unspecified atom stereocenters. The highest BCUT2D eigenvalue weighted by Crippen LogP contribution is 2.36. The second-order valence-electron chi connectivity index (χ2n) is 7.46. The Bertz CT molecular complexity index is 1070. The van der Waals surface area contributed by atoms with Gasteiger partial charge in [-0.1, -0.05) is 18.2 Å². The molecule has 0 amide bonds. The number of imidazole rings is 1. The number of hydrogen-bond acceptors (Lipinski definition) is 5. The van der Waals surface area contributed by atoms with Crippen LogP contribution in [0.15, 0.2) is 55.0 Å². The summed E-state index contributed by atoms with van der Waals surface area (Å²) in [6.07, 6.45) is -2.53. The molecule has 9 heteroatoms. The first kappa shape index (κ1) is 22.0. The van der Waals surface area contributed by atoms with Crippen molar-refractivity contribution >= 4 is 0 Å². The molecule has 1 aliphatic rings. The first-order valence-electron chi connectivity index (χ1n) is 10.3. The Hall–Kier alpha value is -3.20. The highest BCUT2D eigenvalue weighted by Gasteiger charge is 2.36. The van der Waals surface area contributed by atoms with Crippen molar-refractivity contribution in [2.24, 2.45) is 0 Å². The van der Waals surface area contributed by atoms with Crippen molar-refractivity contribution in [3.8, 4) is 17.2 Å². The number of benzene rings is 2. The molecule has 1 aliphatic heterocycles. The van der Waals surface area contributed by atoms with Crippen LogP contribution in [0.4, 0.5) is 13.2 Å². The summed E-state index contributed by atoms with van der Waals surface area (Å²) in [4.78, 5) is 5.63. The van der Waals surface area contributed by atoms with E-state index < -0.39 is 12.3 Å². The molecule has 2 heterocycles. The standard InChI is InChI=1S/C23H24F3N3O3/c1-3-30-18-6-4-5-17(12-18)22(19-13-27-15-29(19)23(24,25)26)28(2)14-16-7-8-20-21(11-16)32-10-9-31-20/h4-8,11-13,15,22H,3,9-10,14H2,1-2H3. The summed E-state index contributed by atoms with van der Waals surface area (Å²) in [5.41, 5.74) is 1.58. The van der Waals surface area contributed by atoms with Crippen LogP contribution < -0.4 is 14.2 Å². The lowest BCUT2D eigenvalue weighted by Crippen LogP contribution is -2.30. The lowest BCUT2D eigenvalue weighted by molar-refractivity contribution is -0.206. The molecule has 1 aromatic heterocycles. The van der Waals surface area contributed by atoms with Crippen LogP contribution >= 0.6 is 0 Å². The number of ether oxygens (including phenoxy) is 3. The quantitative estimate of drug-likeness (QED) is 0.523. The number of alkyl halides is 3. The van der Waals surface area contributed by atoms with Gasteiger partial charge in [-0.3, -0.25) is 4.90 Å². The van der Waals surface area contributed by atoms with Gasteiger partial charge in [0.15, 0.2) is 11.5 Å². The van der Waals surface area contributed by atoms with Gasteiger partial charge >= 0.3 is 6.30 Å². The predicted octanol–water partition coefficient (Wildman–Crippen LogP) is 4.75. The van der Waals surface area contributed by atoms with Gasteiger partial charge in [-0.15, -0.1) is 13.2 Å². The second-order valence-corrected chi connectivity index (χ2v) is 7.46. The zero-order valence-electron chi connectivity index (χ0n) is 17.8. The van der Waals surface area contributed by atoms with Gasteiger partial charge in [0.2, 0.25) is 0 Å². The van der Waals surface area contributed by atoms with Gasteiger partial charge in [-0.2, -0.15) is 0 Å². The van der Waals surface area contributed by atoms with Gasteiger partial charge in [0.1, 0.15) is 25.3 Å². The van der Waals surface area contributed by atoms with Crippen LogP contribution in [0, 0.1) is 0 Å². The summed E-state index contributed by atoms with van der Waals surface area (Å²) in [6.45, 7) is 3.65. The zero-order valence-corrected chi connectivity index (χ0v) is 17.8. The summed E-state index contributed by atoms with van der Waals surface area (Å²) in [7, 11) is 1.78. The third-order valence-corrected chi connectivity index (χ3v) is 5.18. The summed E-state index contributed by atoms with van der Waals surface area (Å²) < 4.78 is 58.1. The van der Waals surface area contributed by atoms with Crippen LogP contribution in [0.1, 0.15) is 29.8 Å². The number of nitrogens with zero attached hydrogens (tertiary/aromatic N) is 3. The molecule has 0 bridgehead atoms. The summed E-state index contributed by atoms with van der Waals surface area (Å²) in [5, 5.41) is 0. The maximum atomic E-state index is 13.7. The molecule has 32 heavy (non-hydrogen) atoms. The van der Waals surface area contributed by atoms with Gasteiger partial charge in [0, 0.05) is 6.54 Å². The molecule has 0 aliphatic carbocycles. The van der Waals surface area contributed by atoms with E-state index >= 15 is 0 Å². The minimum absolute atomic E-state index is 0.0196. The molecule has 0 saturated carbocycles. The van der Waals surface area contributed by atoms with Crippen LogP contribution in [0.3, 0.4) is 0 Å². The van der Waals surface area contributed by atoms with E-state index in [2.05, 4.69) is 4.98 Å². The van der Waals surface area contributed by atoms with E-state index in [1.807, 2.05) is 30.0 Å². The van der Waals surface area contributed by atoms with E-state index in [4.69, 9.17) is 14.2 Å². The third-order valence-electron chi connectivity index (χ3n) is 5.18. The lowest BCUT2D eigenvalue weighted by atomic mass is 10.0. The molecule has 0 fully saturated rings. The molecule has 0 radical (unpaired) electrons. The van der Waals surface area contributed by atoms with E-state index in [1.54, 1.807) is 31.3 Å². The van der Waals surface area contributed by atoms with E-state index in [0.29, 0.717) is 49.2 Å². The molecule has 6 nitrogen and oxygen atoms in total. The van der Waals surface area contributed by atoms with E-state index in [9.17, 15) is 13.2 Å². The minimum Gasteiger partial charge on any atom is -0.494 e. The smallest absolute Gasteiger partial charge is 0.489 e. The van der Waals surface area contributed by atoms with E-state index in [0.717, 1.165) is 11.9 Å². The molecule has 0 spiro atoms. The largest absolute Gasteiger partial charge is 0.494 e. The number of rotatable bonds is 7. The molecule has 170 valence electrons. The topological polar surface area (TPSA) is 48.8 Å². The monoisotopic (exact) mass is 447 g/mol. The lowest BCUT2D eigenvalue weighted by Gasteiger charge is -2.30. The SMILES string of the molecule is CCOc1cccc(C(c2cncn2C(F)(F)F)N(C)Cc2ccc3c(c2)OCCO3)c1. The molecular weight excluding hydrogens is 423 g/mol. The van der Waals surface area contributed by atoms with Crippen molar-refractivity contribution in [1.82, 2.24) is 14.5 Å². The summed E-state index contributed by atoms with van der Waals surface area (Å²) in [5.74, 6) is 1.90. The van der Waals surface area contributed by atoms with Gasteiger partial charge < -0.3 is 14.2 Å². The minimum atomic E-state index is -4.58. The molecular formula is C23H24F3N3O3. The number of aromatic nitrogens is 2. The van der Waals surface area contributed by atoms with Crippen molar-refractivity contribution < 1.29 is 27.4 Å². The van der Waals surface area contributed by atoms with E-state index in [1.165, 1.54) is 6.20 Å². The number of halogens is 3. The molecule has 0 N–H and O–H groups in total. The van der Waals surface area contributed by atoms with Gasteiger partial charge in [-0.25, -0.2) is 9.55 Å². The molecule has 0 saturated heterocycles. The Morgan fingerprint density at radius 2 is 1.91 bits per heavy atom. The first-order chi connectivity index (χ1) is 15.4. The number of hydrogen-bond donors (Lipinski definition) is 0. The highest BCUT2D eigenvalue weighted by atomic mass is 19.4. The Balaban J connectivity index is 1.71. The van der Waals surface area contributed by atoms with Crippen molar-refractivity contribution in [2.45, 2.75) is 25.8 Å². The van der Waals surface area contributed by atoms with Crippen molar-refractivity contribution in [2.75, 3.05) is 26.9 Å². The Labute approximate surface area is 184 Å². The van der Waals surface area contributed by atoms with Gasteiger partial charge in [0.25, 0.3) is 0 Å². The Morgan fingerprint density at radius 3 is 2.66 bits per heavy atom. The molecule has 4 rings (SSSR count). The predicted molar refractivity (Wildman–Crippen MR) is 112 cm³/mol. The van der Waals surface area contributed by atoms with Crippen LogP contribution in [0.2, 0.25) is 0 Å². The van der Waals surface area contributed by atoms with Crippen molar-refractivity contribution in [3.05, 3.63) is 71.8 Å². The fraction of sp³-hybridized carbons (Fsp3) is 0.348. The molecule has 3 aromatic rings. The van der Waals surface area contributed by atoms with Crippen molar-refractivity contribution in [1.29, 1.82) is 0 Å². The first-order valence-corrected chi connectivity index (χ1v) is 10.3. The van der Waals surface area contributed by atoms with Crippen LogP contribution in [0.25, 0.3) is 0 Å². The summed E-state index contributed by atoms with van der Waals surface area (Å²) >= 11 is 0. The Kier molecular flexibility index (Phi) is 6.27. The van der Waals surface area contributed by atoms with Crippen LogP contribution in [0.5, 0.6) is 17.2 Å². The van der Waals surface area contributed by atoms with Crippen molar-refractivity contribution in [3.63, 3.8) is 0 Å². The third kappa shape index (κ3) is 4.67. The van der Waals surface area contributed by atoms with Gasteiger partial charge in [-0.05, 0) is 49.4 Å². The fourth-order valence-electron chi connectivity index (χ4n) is 3.88. The van der Waals surface area contributed by atoms with Crippen LogP contribution in [-0.2, 0) is 12.8 Å². The zero-order chi connectivity index (χ0) is 22.7. The fourth-order valence-corrected chi connectivity index (χ4v) is 3.88. The highest BCUT2D eigenvalue weighted by molar-refractivity contribution is 5.44. The number of fused-ring (bicyclic) bond motifs is 1. The van der Waals surface area contributed by atoms with Crippen LogP contribution in [-0.4, -0.2) is 41.3 Å². The second kappa shape index (κ2) is 9.12. The summed E-state index contributed by atoms with van der Waals surface area (Å²) in [6, 6.07) is 12.0. The van der Waals surface area contributed by atoms with Gasteiger partial charge in [0.05, 0.1) is 24.5 Å². The average Bonchev–Trinajstić information content (AvgIpc) is 3.24.